The van der Waals surface area contributed by atoms with Crippen LogP contribution in [0.4, 0.5) is 13.2 Å². The molecule has 0 saturated carbocycles. The predicted molar refractivity (Wildman–Crippen MR) is 43.4 cm³/mol. The summed E-state index contributed by atoms with van der Waals surface area (Å²) in [7, 11) is 1.41. The molecule has 0 bridgehead atoms. The van der Waals surface area contributed by atoms with Crippen molar-refractivity contribution in [3.8, 4) is 11.5 Å². The smallest absolute Gasteiger partial charge is 0.422 e. The molecule has 0 atom stereocenters. The molecule has 77 valence electrons. The lowest BCUT2D eigenvalue weighted by atomic mass is 10.3. The van der Waals surface area contributed by atoms with Gasteiger partial charge in [-0.25, -0.2) is 0 Å². The van der Waals surface area contributed by atoms with Gasteiger partial charge in [0.05, 0.1) is 7.11 Å². The molecule has 0 amide bonds. The lowest BCUT2D eigenvalue weighted by Crippen LogP contribution is -2.19. The Morgan fingerprint density at radius 3 is 2.50 bits per heavy atom. The van der Waals surface area contributed by atoms with E-state index in [1.165, 1.54) is 25.3 Å². The number of hydrogen-bond donors (Lipinski definition) is 0. The molecule has 0 heterocycles. The van der Waals surface area contributed by atoms with Crippen LogP contribution in [0.1, 0.15) is 0 Å². The van der Waals surface area contributed by atoms with Crippen molar-refractivity contribution in [3.63, 3.8) is 0 Å². The highest BCUT2D eigenvalue weighted by molar-refractivity contribution is 5.32. The zero-order valence-corrected chi connectivity index (χ0v) is 7.39. The van der Waals surface area contributed by atoms with Crippen LogP contribution in [0.15, 0.2) is 18.2 Å². The maximum Gasteiger partial charge on any atom is 0.422 e. The fraction of sp³-hybridized carbons (Fsp3) is 0.333. The van der Waals surface area contributed by atoms with Gasteiger partial charge in [-0.3, -0.25) is 0 Å². The minimum atomic E-state index is -4.33. The Kier molecular flexibility index (Phi) is 3.22. The van der Waals surface area contributed by atoms with Crippen LogP contribution in [-0.2, 0) is 0 Å². The standard InChI is InChI=1S/C9H8F3O2/c1-13-7-3-2-4-8(5-7)14-6-9(10,11)12/h3-5H,6H2,1H3. The van der Waals surface area contributed by atoms with Crippen molar-refractivity contribution in [3.05, 3.63) is 24.3 Å². The molecule has 0 spiro atoms. The second kappa shape index (κ2) is 4.21. The summed E-state index contributed by atoms with van der Waals surface area (Å²) in [5, 5.41) is 0. The first-order chi connectivity index (χ1) is 6.51. The van der Waals surface area contributed by atoms with Crippen molar-refractivity contribution >= 4 is 0 Å². The van der Waals surface area contributed by atoms with E-state index in [9.17, 15) is 13.2 Å². The van der Waals surface area contributed by atoms with Crippen LogP contribution >= 0.6 is 0 Å². The number of alkyl halides is 3. The molecular formula is C9H8F3O2. The molecule has 5 heteroatoms. The van der Waals surface area contributed by atoms with Gasteiger partial charge in [0.25, 0.3) is 0 Å². The van der Waals surface area contributed by atoms with Gasteiger partial charge in [-0.1, -0.05) is 0 Å². The first kappa shape index (κ1) is 10.7. The number of rotatable bonds is 3. The van der Waals surface area contributed by atoms with Gasteiger partial charge in [-0.15, -0.1) is 0 Å². The Hall–Kier alpha value is -1.39. The zero-order valence-electron chi connectivity index (χ0n) is 7.39. The van der Waals surface area contributed by atoms with E-state index in [-0.39, 0.29) is 5.75 Å². The highest BCUT2D eigenvalue weighted by atomic mass is 19.4. The second-order valence-corrected chi connectivity index (χ2v) is 2.51. The van der Waals surface area contributed by atoms with Gasteiger partial charge in [-0.2, -0.15) is 13.2 Å². The summed E-state index contributed by atoms with van der Waals surface area (Å²) in [4.78, 5) is 0. The molecule has 0 aliphatic rings. The summed E-state index contributed by atoms with van der Waals surface area (Å²) in [5.41, 5.74) is 0. The van der Waals surface area contributed by atoms with E-state index >= 15 is 0 Å². The van der Waals surface area contributed by atoms with Gasteiger partial charge in [0.15, 0.2) is 6.61 Å². The average molecular weight is 205 g/mol. The quantitative estimate of drug-likeness (QED) is 0.754. The molecule has 0 aliphatic heterocycles. The molecule has 2 nitrogen and oxygen atoms in total. The van der Waals surface area contributed by atoms with E-state index in [0.717, 1.165) is 0 Å². The Balaban J connectivity index is 2.59. The highest BCUT2D eigenvalue weighted by Crippen LogP contribution is 2.21. The molecule has 1 aromatic rings. The molecule has 0 unspecified atom stereocenters. The van der Waals surface area contributed by atoms with Gasteiger partial charge in [0.2, 0.25) is 0 Å². The van der Waals surface area contributed by atoms with Crippen molar-refractivity contribution in [2.45, 2.75) is 6.18 Å². The van der Waals surface area contributed by atoms with Crippen molar-refractivity contribution in [1.82, 2.24) is 0 Å². The first-order valence-corrected chi connectivity index (χ1v) is 3.76. The lowest BCUT2D eigenvalue weighted by molar-refractivity contribution is -0.153. The maximum absolute atomic E-state index is 11.8. The summed E-state index contributed by atoms with van der Waals surface area (Å²) < 4.78 is 44.5. The molecule has 1 rings (SSSR count). The molecule has 0 N–H and O–H groups in total. The second-order valence-electron chi connectivity index (χ2n) is 2.51. The fourth-order valence-corrected chi connectivity index (χ4v) is 0.796. The fourth-order valence-electron chi connectivity index (χ4n) is 0.796. The van der Waals surface area contributed by atoms with Gasteiger partial charge >= 0.3 is 6.18 Å². The van der Waals surface area contributed by atoms with Crippen molar-refractivity contribution in [2.75, 3.05) is 13.7 Å². The monoisotopic (exact) mass is 205 g/mol. The van der Waals surface area contributed by atoms with E-state index in [4.69, 9.17) is 4.74 Å². The topological polar surface area (TPSA) is 18.5 Å². The van der Waals surface area contributed by atoms with Crippen LogP contribution in [0.2, 0.25) is 0 Å². The molecule has 0 fully saturated rings. The van der Waals surface area contributed by atoms with Crippen molar-refractivity contribution < 1.29 is 22.6 Å². The third kappa shape index (κ3) is 3.55. The van der Waals surface area contributed by atoms with Crippen LogP contribution < -0.4 is 9.47 Å². The summed E-state index contributed by atoms with van der Waals surface area (Å²) in [6, 6.07) is 6.78. The van der Waals surface area contributed by atoms with Crippen LogP contribution in [-0.4, -0.2) is 19.9 Å². The van der Waals surface area contributed by atoms with Crippen LogP contribution in [0.25, 0.3) is 0 Å². The largest absolute Gasteiger partial charge is 0.497 e. The van der Waals surface area contributed by atoms with Gasteiger partial charge < -0.3 is 9.47 Å². The van der Waals surface area contributed by atoms with Crippen LogP contribution in [0, 0.1) is 6.07 Å². The third-order valence-corrected chi connectivity index (χ3v) is 1.37. The van der Waals surface area contributed by atoms with Gasteiger partial charge in [0.1, 0.15) is 11.5 Å². The Morgan fingerprint density at radius 2 is 1.93 bits per heavy atom. The lowest BCUT2D eigenvalue weighted by Gasteiger charge is -2.09. The number of ether oxygens (including phenoxy) is 2. The third-order valence-electron chi connectivity index (χ3n) is 1.37. The zero-order chi connectivity index (χ0) is 10.6. The summed E-state index contributed by atoms with van der Waals surface area (Å²) in [6.45, 7) is -1.31. The van der Waals surface area contributed by atoms with Crippen LogP contribution in [0.5, 0.6) is 11.5 Å². The summed E-state index contributed by atoms with van der Waals surface area (Å²) >= 11 is 0. The number of halogens is 3. The molecule has 14 heavy (non-hydrogen) atoms. The SMILES string of the molecule is COc1c[c]cc(OCC(F)(F)F)c1. The minimum absolute atomic E-state index is 0.0849. The Bertz CT molecular complexity index is 296. The van der Waals surface area contributed by atoms with Gasteiger partial charge in [-0.05, 0) is 18.2 Å². The van der Waals surface area contributed by atoms with E-state index in [0.29, 0.717) is 5.75 Å². The predicted octanol–water partition coefficient (Wildman–Crippen LogP) is 2.44. The molecule has 1 aromatic carbocycles. The molecule has 0 saturated heterocycles. The Morgan fingerprint density at radius 1 is 1.29 bits per heavy atom. The van der Waals surface area contributed by atoms with Crippen molar-refractivity contribution in [1.29, 1.82) is 0 Å². The number of hydrogen-bond acceptors (Lipinski definition) is 2. The minimum Gasteiger partial charge on any atom is -0.497 e. The van der Waals surface area contributed by atoms with E-state index < -0.39 is 12.8 Å². The molecule has 0 aliphatic carbocycles. The van der Waals surface area contributed by atoms with Crippen molar-refractivity contribution in [2.24, 2.45) is 0 Å². The van der Waals surface area contributed by atoms with Crippen LogP contribution in [0.3, 0.4) is 0 Å². The summed E-state index contributed by atoms with van der Waals surface area (Å²) in [6.07, 6.45) is -4.33. The van der Waals surface area contributed by atoms with E-state index in [1.54, 1.807) is 0 Å². The highest BCUT2D eigenvalue weighted by Gasteiger charge is 2.28. The maximum atomic E-state index is 11.8. The van der Waals surface area contributed by atoms with E-state index in [1.807, 2.05) is 0 Å². The van der Waals surface area contributed by atoms with Gasteiger partial charge in [0, 0.05) is 6.07 Å². The normalized spacial score (nSPS) is 11.1. The average Bonchev–Trinajstić information content (AvgIpc) is 2.14. The molecular weight excluding hydrogens is 197 g/mol. The summed E-state index contributed by atoms with van der Waals surface area (Å²) in [5.74, 6) is 0.492. The first-order valence-electron chi connectivity index (χ1n) is 3.76. The van der Waals surface area contributed by atoms with E-state index in [2.05, 4.69) is 10.8 Å². The Labute approximate surface area is 79.2 Å². The molecule has 0 aromatic heterocycles. The molecule has 1 radical (unpaired) electrons. The number of benzene rings is 1. The number of methoxy groups -OCH3 is 1.